The molecule has 0 heterocycles. The third-order valence-corrected chi connectivity index (χ3v) is 10.4. The maximum atomic E-state index is 10.6. The van der Waals surface area contributed by atoms with E-state index in [-0.39, 0.29) is 0 Å². The van der Waals surface area contributed by atoms with Crippen LogP contribution >= 0.6 is 11.8 Å². The van der Waals surface area contributed by atoms with Crippen molar-refractivity contribution in [1.82, 2.24) is 0 Å². The molecule has 0 amide bonds. The van der Waals surface area contributed by atoms with Gasteiger partial charge in [-0.05, 0) is 91.9 Å². The summed E-state index contributed by atoms with van der Waals surface area (Å²) in [5.74, 6) is 2.40. The van der Waals surface area contributed by atoms with Crippen LogP contribution in [0.5, 0.6) is 0 Å². The van der Waals surface area contributed by atoms with Crippen LogP contribution in [-0.2, 0) is 0 Å². The highest BCUT2D eigenvalue weighted by atomic mass is 32.2. The Morgan fingerprint density at radius 1 is 1.22 bits per heavy atom. The van der Waals surface area contributed by atoms with Gasteiger partial charge in [-0.2, -0.15) is 11.8 Å². The summed E-state index contributed by atoms with van der Waals surface area (Å²) in [6.07, 6.45) is 13.2. The lowest BCUT2D eigenvalue weighted by Crippen LogP contribution is -2.37. The van der Waals surface area contributed by atoms with Gasteiger partial charge in [-0.25, -0.2) is 0 Å². The fourth-order valence-corrected chi connectivity index (χ4v) is 8.22. The van der Waals surface area contributed by atoms with Gasteiger partial charge in [-0.1, -0.05) is 52.0 Å². The Labute approximate surface area is 200 Å². The predicted octanol–water partition coefficient (Wildman–Crippen LogP) is 6.19. The van der Waals surface area contributed by atoms with Crippen LogP contribution in [0.1, 0.15) is 91.9 Å². The molecule has 2 unspecified atom stereocenters. The highest BCUT2D eigenvalue weighted by Gasteiger charge is 2.50. The summed E-state index contributed by atoms with van der Waals surface area (Å²) < 4.78 is 0. The van der Waals surface area contributed by atoms with Gasteiger partial charge in [0, 0.05) is 11.7 Å². The van der Waals surface area contributed by atoms with E-state index in [1.54, 1.807) is 5.57 Å². The Balaban J connectivity index is 1.67. The fourth-order valence-electron chi connectivity index (χ4n) is 6.67. The van der Waals surface area contributed by atoms with Crippen LogP contribution in [0, 0.1) is 17.3 Å². The summed E-state index contributed by atoms with van der Waals surface area (Å²) in [6, 6.07) is 0. The second-order valence-corrected chi connectivity index (χ2v) is 12.4. The summed E-state index contributed by atoms with van der Waals surface area (Å²) in [5.41, 5.74) is 3.20. The lowest BCUT2D eigenvalue weighted by molar-refractivity contribution is 0.0296. The molecule has 0 aromatic carbocycles. The van der Waals surface area contributed by atoms with Crippen molar-refractivity contribution in [2.24, 2.45) is 17.3 Å². The fraction of sp³-hybridized carbons (Fsp3) is 0.786. The zero-order valence-electron chi connectivity index (χ0n) is 20.8. The highest BCUT2D eigenvalue weighted by Crippen LogP contribution is 2.59. The summed E-state index contributed by atoms with van der Waals surface area (Å²) in [4.78, 5) is 0. The summed E-state index contributed by atoms with van der Waals surface area (Å²) in [7, 11) is 0. The number of aliphatic hydroxyl groups excluding tert-OH is 2. The van der Waals surface area contributed by atoms with Crippen molar-refractivity contribution in [3.05, 3.63) is 35.5 Å². The average Bonchev–Trinajstić information content (AvgIpc) is 3.12. The molecule has 3 nitrogen and oxygen atoms in total. The number of allylic oxidation sites excluding steroid dienone is 3. The lowest BCUT2D eigenvalue weighted by Gasteiger charge is -2.44. The topological polar surface area (TPSA) is 60.7 Å². The maximum Gasteiger partial charge on any atom is 0.0811 e. The smallest absolute Gasteiger partial charge is 0.0811 e. The molecule has 3 rings (SSSR count). The van der Waals surface area contributed by atoms with E-state index in [9.17, 15) is 15.3 Å². The predicted molar refractivity (Wildman–Crippen MR) is 137 cm³/mol. The van der Waals surface area contributed by atoms with Gasteiger partial charge in [0.1, 0.15) is 0 Å². The van der Waals surface area contributed by atoms with Crippen molar-refractivity contribution >= 4 is 11.8 Å². The zero-order chi connectivity index (χ0) is 23.5. The molecule has 0 radical (unpaired) electrons. The van der Waals surface area contributed by atoms with E-state index in [2.05, 4.69) is 58.2 Å². The van der Waals surface area contributed by atoms with Gasteiger partial charge in [0.05, 0.1) is 17.8 Å². The Morgan fingerprint density at radius 3 is 2.62 bits per heavy atom. The summed E-state index contributed by atoms with van der Waals surface area (Å²) >= 11 is 2.07. The molecule has 0 saturated heterocycles. The molecule has 182 valence electrons. The quantitative estimate of drug-likeness (QED) is 0.402. The monoisotopic (exact) mass is 462 g/mol. The normalized spacial score (nSPS) is 37.2. The van der Waals surface area contributed by atoms with Crippen molar-refractivity contribution in [1.29, 1.82) is 0 Å². The van der Waals surface area contributed by atoms with E-state index in [1.807, 2.05) is 0 Å². The highest BCUT2D eigenvalue weighted by molar-refractivity contribution is 7.99. The van der Waals surface area contributed by atoms with Crippen LogP contribution < -0.4 is 0 Å². The summed E-state index contributed by atoms with van der Waals surface area (Å²) in [5, 5.41) is 31.5. The number of rotatable bonds is 8. The molecule has 0 aromatic rings. The molecule has 3 aliphatic carbocycles. The van der Waals surface area contributed by atoms with E-state index < -0.39 is 17.8 Å². The molecule has 3 N–H and O–H groups in total. The Kier molecular flexibility index (Phi) is 8.80. The first-order chi connectivity index (χ1) is 15.1. The van der Waals surface area contributed by atoms with Gasteiger partial charge in [-0.3, -0.25) is 0 Å². The van der Waals surface area contributed by atoms with Crippen LogP contribution in [0.25, 0.3) is 0 Å². The van der Waals surface area contributed by atoms with Crippen LogP contribution in [0.15, 0.2) is 35.5 Å². The van der Waals surface area contributed by atoms with Crippen LogP contribution in [0.3, 0.4) is 0 Å². The van der Waals surface area contributed by atoms with E-state index in [4.69, 9.17) is 0 Å². The van der Waals surface area contributed by atoms with E-state index >= 15 is 0 Å². The van der Waals surface area contributed by atoms with Crippen LogP contribution in [-0.4, -0.2) is 44.1 Å². The van der Waals surface area contributed by atoms with E-state index in [0.29, 0.717) is 29.4 Å². The van der Waals surface area contributed by atoms with Crippen molar-refractivity contribution in [2.75, 3.05) is 5.75 Å². The minimum absolute atomic E-state index is 0.351. The molecule has 0 aromatic heterocycles. The van der Waals surface area contributed by atoms with Crippen molar-refractivity contribution in [3.8, 4) is 0 Å². The largest absolute Gasteiger partial charge is 0.393 e. The van der Waals surface area contributed by atoms with Crippen molar-refractivity contribution in [3.63, 3.8) is 0 Å². The number of aliphatic hydroxyl groups is 3. The van der Waals surface area contributed by atoms with Crippen LogP contribution in [0.4, 0.5) is 0 Å². The Morgan fingerprint density at radius 2 is 1.94 bits per heavy atom. The number of hydrogen-bond donors (Lipinski definition) is 3. The first-order valence-electron chi connectivity index (χ1n) is 12.9. The molecule has 6 atom stereocenters. The molecule has 0 bridgehead atoms. The van der Waals surface area contributed by atoms with Gasteiger partial charge in [0.15, 0.2) is 0 Å². The van der Waals surface area contributed by atoms with E-state index in [1.165, 1.54) is 25.7 Å². The Hall–Kier alpha value is -0.550. The molecule has 0 aliphatic heterocycles. The van der Waals surface area contributed by atoms with Crippen LogP contribution in [0.2, 0.25) is 0 Å². The van der Waals surface area contributed by atoms with Crippen molar-refractivity contribution in [2.45, 2.75) is 115 Å². The van der Waals surface area contributed by atoms with Gasteiger partial charge in [-0.15, -0.1) is 0 Å². The molecular formula is C28H46O3S. The average molecular weight is 463 g/mol. The standard InChI is InChI=1S/C28H46O3S/c1-6-28(31,7-2)15-16-32-20(4)24-12-13-25-21(9-8-14-27(24,25)5)10-11-22-17-23(29)18-26(30)19(22)3/h10-11,20,23-26,29-31H,3,6-9,12-18H2,1-2,4-5H3/b21-10+,22-11-/t20-,23-,24?,25?,26+,27-/m1/s1. The minimum atomic E-state index is -0.619. The lowest BCUT2D eigenvalue weighted by atomic mass is 9.63. The first kappa shape index (κ1) is 26.1. The molecule has 32 heavy (non-hydrogen) atoms. The molecule has 4 heteroatoms. The van der Waals surface area contributed by atoms with Gasteiger partial charge >= 0.3 is 0 Å². The Bertz CT molecular complexity index is 722. The first-order valence-corrected chi connectivity index (χ1v) is 14.0. The SMILES string of the molecule is C=C1/C(=C\C=C2/CCC[C@@]3(C)C2CCC3[C@@H](C)SCCC(O)(CC)CC)C[C@@H](O)C[C@@H]1O. The van der Waals surface area contributed by atoms with Gasteiger partial charge in [0.2, 0.25) is 0 Å². The van der Waals surface area contributed by atoms with E-state index in [0.717, 1.165) is 48.5 Å². The maximum absolute atomic E-state index is 10.6. The molecule has 3 aliphatic rings. The third kappa shape index (κ3) is 5.56. The number of fused-ring (bicyclic) bond motifs is 1. The molecule has 3 saturated carbocycles. The number of thioether (sulfide) groups is 1. The molecule has 0 spiro atoms. The second kappa shape index (κ2) is 10.8. The third-order valence-electron chi connectivity index (χ3n) is 9.13. The van der Waals surface area contributed by atoms with Crippen molar-refractivity contribution < 1.29 is 15.3 Å². The van der Waals surface area contributed by atoms with Gasteiger partial charge in [0.25, 0.3) is 0 Å². The van der Waals surface area contributed by atoms with Gasteiger partial charge < -0.3 is 15.3 Å². The molecule has 3 fully saturated rings. The number of hydrogen-bond acceptors (Lipinski definition) is 4. The zero-order valence-corrected chi connectivity index (χ0v) is 21.6. The molecular weight excluding hydrogens is 416 g/mol. The minimum Gasteiger partial charge on any atom is -0.393 e. The second-order valence-electron chi connectivity index (χ2n) is 10.9. The summed E-state index contributed by atoms with van der Waals surface area (Å²) in [6.45, 7) is 13.2.